The molecule has 1 rings (SSSR count). The summed E-state index contributed by atoms with van der Waals surface area (Å²) in [6, 6.07) is 0. The molecule has 0 spiro atoms. The maximum absolute atomic E-state index is 11.0. The van der Waals surface area contributed by atoms with Gasteiger partial charge in [0.15, 0.2) is 5.82 Å². The van der Waals surface area contributed by atoms with Crippen molar-refractivity contribution in [2.24, 2.45) is 5.73 Å². The Morgan fingerprint density at radius 3 is 2.53 bits per heavy atom. The number of anilines is 1. The Bertz CT molecular complexity index is 585. The third kappa shape index (κ3) is 4.71. The third-order valence-corrected chi connectivity index (χ3v) is 3.92. The Labute approximate surface area is 118 Å². The van der Waals surface area contributed by atoms with E-state index in [-0.39, 0.29) is 10.7 Å². The van der Waals surface area contributed by atoms with Crippen molar-refractivity contribution >= 4 is 32.9 Å². The number of nitrogens with zero attached hydrogens (tertiary/aromatic N) is 2. The second kappa shape index (κ2) is 6.25. The number of aryl methyl sites for hydroxylation is 1. The Kier molecular flexibility index (Phi) is 5.19. The molecule has 0 aliphatic heterocycles. The van der Waals surface area contributed by atoms with Gasteiger partial charge in [-0.3, -0.25) is 0 Å². The highest BCUT2D eigenvalue weighted by Crippen LogP contribution is 2.18. The molecule has 0 unspecified atom stereocenters. The first kappa shape index (κ1) is 15.8. The van der Waals surface area contributed by atoms with Crippen LogP contribution in [0.25, 0.3) is 0 Å². The molecule has 0 aliphatic carbocycles. The van der Waals surface area contributed by atoms with Crippen LogP contribution < -0.4 is 11.1 Å². The molecule has 0 radical (unpaired) electrons. The Hall–Kier alpha value is -1.28. The molecule has 1 aromatic heterocycles. The summed E-state index contributed by atoms with van der Waals surface area (Å²) in [5.74, 6) is 0.629. The molecule has 0 aliphatic rings. The fourth-order valence-electron chi connectivity index (χ4n) is 1.57. The van der Waals surface area contributed by atoms with Gasteiger partial charge in [-0.25, -0.2) is 8.42 Å². The zero-order chi connectivity index (χ0) is 14.6. The molecule has 0 saturated carbocycles. The highest BCUT2D eigenvalue weighted by Gasteiger charge is 2.13. The number of sulfone groups is 1. The first-order valence-electron chi connectivity index (χ1n) is 5.77. The molecule has 1 aromatic rings. The van der Waals surface area contributed by atoms with Crippen LogP contribution in [-0.4, -0.2) is 42.2 Å². The lowest BCUT2D eigenvalue weighted by atomic mass is 10.1. The molecule has 6 nitrogen and oxygen atoms in total. The molecule has 0 amide bonds. The summed E-state index contributed by atoms with van der Waals surface area (Å²) in [7, 11) is -2.95. The SMILES string of the molecule is Cc1nnc(NCCCS(C)(=O)=O)c(C(N)=S)c1C. The molecule has 19 heavy (non-hydrogen) atoms. The Balaban J connectivity index is 2.79. The van der Waals surface area contributed by atoms with E-state index in [1.165, 1.54) is 6.26 Å². The van der Waals surface area contributed by atoms with Crippen LogP contribution in [0.4, 0.5) is 5.82 Å². The van der Waals surface area contributed by atoms with E-state index in [1.807, 2.05) is 13.8 Å². The van der Waals surface area contributed by atoms with Gasteiger partial charge in [-0.2, -0.15) is 5.10 Å². The molecule has 3 N–H and O–H groups in total. The minimum Gasteiger partial charge on any atom is -0.389 e. The average Bonchev–Trinajstić information content (AvgIpc) is 2.27. The largest absolute Gasteiger partial charge is 0.389 e. The first-order chi connectivity index (χ1) is 8.72. The van der Waals surface area contributed by atoms with Crippen LogP contribution in [0, 0.1) is 13.8 Å². The zero-order valence-electron chi connectivity index (χ0n) is 11.2. The van der Waals surface area contributed by atoms with Gasteiger partial charge in [0.2, 0.25) is 0 Å². The minimum absolute atomic E-state index is 0.126. The van der Waals surface area contributed by atoms with Gasteiger partial charge in [0.25, 0.3) is 0 Å². The quantitative estimate of drug-likeness (QED) is 0.585. The van der Waals surface area contributed by atoms with Crippen molar-refractivity contribution in [3.8, 4) is 0 Å². The van der Waals surface area contributed by atoms with Crippen molar-refractivity contribution in [3.63, 3.8) is 0 Å². The molecule has 0 bridgehead atoms. The molecule has 0 aromatic carbocycles. The van der Waals surface area contributed by atoms with Gasteiger partial charge < -0.3 is 11.1 Å². The molecule has 106 valence electrons. The minimum atomic E-state index is -2.95. The Morgan fingerprint density at radius 1 is 1.37 bits per heavy atom. The van der Waals surface area contributed by atoms with E-state index < -0.39 is 9.84 Å². The van der Waals surface area contributed by atoms with Gasteiger partial charge in [0, 0.05) is 12.8 Å². The van der Waals surface area contributed by atoms with Crippen LogP contribution in [0.15, 0.2) is 0 Å². The van der Waals surface area contributed by atoms with Gasteiger partial charge in [-0.1, -0.05) is 12.2 Å². The van der Waals surface area contributed by atoms with Crippen molar-refractivity contribution in [2.45, 2.75) is 20.3 Å². The summed E-state index contributed by atoms with van der Waals surface area (Å²) in [6.07, 6.45) is 1.70. The molecule has 1 heterocycles. The van der Waals surface area contributed by atoms with Gasteiger partial charge >= 0.3 is 0 Å². The van der Waals surface area contributed by atoms with Crippen molar-refractivity contribution in [2.75, 3.05) is 23.9 Å². The third-order valence-electron chi connectivity index (χ3n) is 2.69. The molecule has 0 fully saturated rings. The Morgan fingerprint density at radius 2 is 2.00 bits per heavy atom. The lowest BCUT2D eigenvalue weighted by Crippen LogP contribution is -2.19. The molecular weight excluding hydrogens is 284 g/mol. The number of hydrogen-bond acceptors (Lipinski definition) is 6. The topological polar surface area (TPSA) is 98.0 Å². The normalized spacial score (nSPS) is 11.3. The smallest absolute Gasteiger partial charge is 0.159 e. The molecule has 8 heteroatoms. The lowest BCUT2D eigenvalue weighted by molar-refractivity contribution is 0.600. The highest BCUT2D eigenvalue weighted by atomic mass is 32.2. The van der Waals surface area contributed by atoms with Crippen molar-refractivity contribution in [1.82, 2.24) is 10.2 Å². The van der Waals surface area contributed by atoms with Crippen LogP contribution >= 0.6 is 12.2 Å². The van der Waals surface area contributed by atoms with E-state index in [0.717, 1.165) is 11.3 Å². The number of nitrogens with one attached hydrogen (secondary N) is 1. The van der Waals surface area contributed by atoms with E-state index in [9.17, 15) is 8.42 Å². The molecule has 0 saturated heterocycles. The standard InChI is InChI=1S/C11H18N4O2S2/c1-7-8(2)14-15-11(9(7)10(12)18)13-5-4-6-19(3,16)17/h4-6H2,1-3H3,(H2,12,18)(H,13,15). The maximum Gasteiger partial charge on any atom is 0.159 e. The number of thiocarbonyl (C=S) groups is 1. The van der Waals surface area contributed by atoms with E-state index >= 15 is 0 Å². The summed E-state index contributed by atoms with van der Waals surface area (Å²) < 4.78 is 22.0. The van der Waals surface area contributed by atoms with E-state index in [4.69, 9.17) is 18.0 Å². The van der Waals surface area contributed by atoms with Crippen LogP contribution in [-0.2, 0) is 9.84 Å². The maximum atomic E-state index is 11.0. The summed E-state index contributed by atoms with van der Waals surface area (Å²) >= 11 is 5.01. The van der Waals surface area contributed by atoms with Crippen LogP contribution in [0.1, 0.15) is 23.2 Å². The number of nitrogens with two attached hydrogens (primary N) is 1. The van der Waals surface area contributed by atoms with E-state index in [0.29, 0.717) is 24.3 Å². The number of rotatable bonds is 6. The van der Waals surface area contributed by atoms with E-state index in [1.54, 1.807) is 0 Å². The summed E-state index contributed by atoms with van der Waals surface area (Å²) in [6.45, 7) is 4.18. The summed E-state index contributed by atoms with van der Waals surface area (Å²) in [4.78, 5) is 0.251. The monoisotopic (exact) mass is 302 g/mol. The summed E-state index contributed by atoms with van der Waals surface area (Å²) in [5.41, 5.74) is 8.00. The zero-order valence-corrected chi connectivity index (χ0v) is 12.9. The predicted octanol–water partition coefficient (Wildman–Crippen LogP) is 0.574. The van der Waals surface area contributed by atoms with Crippen molar-refractivity contribution < 1.29 is 8.42 Å². The fraction of sp³-hybridized carbons (Fsp3) is 0.545. The lowest BCUT2D eigenvalue weighted by Gasteiger charge is -2.12. The highest BCUT2D eigenvalue weighted by molar-refractivity contribution is 7.90. The van der Waals surface area contributed by atoms with E-state index in [2.05, 4.69) is 15.5 Å². The number of aromatic nitrogens is 2. The van der Waals surface area contributed by atoms with Gasteiger partial charge in [-0.05, 0) is 25.8 Å². The van der Waals surface area contributed by atoms with Crippen LogP contribution in [0.2, 0.25) is 0 Å². The van der Waals surface area contributed by atoms with Crippen molar-refractivity contribution in [1.29, 1.82) is 0 Å². The van der Waals surface area contributed by atoms with Crippen LogP contribution in [0.3, 0.4) is 0 Å². The van der Waals surface area contributed by atoms with Crippen molar-refractivity contribution in [3.05, 3.63) is 16.8 Å². The van der Waals surface area contributed by atoms with Gasteiger partial charge in [-0.15, -0.1) is 5.10 Å². The van der Waals surface area contributed by atoms with Gasteiger partial charge in [0.1, 0.15) is 14.8 Å². The second-order valence-electron chi connectivity index (χ2n) is 4.41. The number of hydrogen-bond donors (Lipinski definition) is 2. The average molecular weight is 302 g/mol. The summed E-state index contributed by atoms with van der Waals surface area (Å²) in [5, 5.41) is 11.0. The molecule has 0 atom stereocenters. The second-order valence-corrected chi connectivity index (χ2v) is 7.11. The van der Waals surface area contributed by atoms with Crippen LogP contribution in [0.5, 0.6) is 0 Å². The first-order valence-corrected chi connectivity index (χ1v) is 8.24. The van der Waals surface area contributed by atoms with Gasteiger partial charge in [0.05, 0.1) is 17.0 Å². The predicted molar refractivity (Wildman–Crippen MR) is 80.2 cm³/mol. The fourth-order valence-corrected chi connectivity index (χ4v) is 2.49. The molecular formula is C11H18N4O2S2.